The van der Waals surface area contributed by atoms with Crippen molar-refractivity contribution >= 4 is 11.9 Å². The van der Waals surface area contributed by atoms with E-state index >= 15 is 0 Å². The Kier molecular flexibility index (Phi) is 8.07. The highest BCUT2D eigenvalue weighted by Crippen LogP contribution is 2.11. The van der Waals surface area contributed by atoms with Gasteiger partial charge in [-0.2, -0.15) is 0 Å². The van der Waals surface area contributed by atoms with Crippen LogP contribution in [0.25, 0.3) is 0 Å². The summed E-state index contributed by atoms with van der Waals surface area (Å²) in [7, 11) is 1.68. The van der Waals surface area contributed by atoms with Gasteiger partial charge in [0.05, 0.1) is 13.7 Å². The lowest BCUT2D eigenvalue weighted by Crippen LogP contribution is -2.16. The zero-order valence-corrected chi connectivity index (χ0v) is 13.6. The number of hydrogen-bond donors (Lipinski definition) is 3. The summed E-state index contributed by atoms with van der Waals surface area (Å²) in [6.07, 6.45) is 1.00. The second kappa shape index (κ2) is 10.1. The summed E-state index contributed by atoms with van der Waals surface area (Å²) in [5.41, 5.74) is 1.30. The summed E-state index contributed by atoms with van der Waals surface area (Å²) in [6, 6.07) is 12.2. The molecule has 0 amide bonds. The molecule has 2 rings (SSSR count). The molecule has 0 aliphatic carbocycles. The molecular weight excluding hydrogens is 314 g/mol. The molecule has 0 aliphatic heterocycles. The van der Waals surface area contributed by atoms with Gasteiger partial charge in [-0.05, 0) is 49.7 Å². The molecule has 0 aliphatic rings. The number of carboxylic acids is 2. The first kappa shape index (κ1) is 19.2. The zero-order valence-electron chi connectivity index (χ0n) is 13.6. The van der Waals surface area contributed by atoms with Crippen molar-refractivity contribution < 1.29 is 29.0 Å². The maximum Gasteiger partial charge on any atom is 0.414 e. The predicted octanol–water partition coefficient (Wildman–Crippen LogP) is 2.08. The van der Waals surface area contributed by atoms with Crippen LogP contribution in [0.15, 0.2) is 40.8 Å². The maximum atomic E-state index is 9.10. The fraction of sp³-hybridized carbons (Fsp3) is 0.294. The van der Waals surface area contributed by atoms with Crippen LogP contribution in [0.1, 0.15) is 17.1 Å². The van der Waals surface area contributed by atoms with E-state index in [0.29, 0.717) is 0 Å². The molecule has 0 bridgehead atoms. The van der Waals surface area contributed by atoms with Crippen molar-refractivity contribution in [3.63, 3.8) is 0 Å². The second-order valence-electron chi connectivity index (χ2n) is 4.90. The molecule has 1 aromatic heterocycles. The van der Waals surface area contributed by atoms with Crippen LogP contribution in [0.2, 0.25) is 0 Å². The number of benzene rings is 1. The molecule has 130 valence electrons. The Balaban J connectivity index is 0.000000413. The average Bonchev–Trinajstić information content (AvgIpc) is 2.98. The molecule has 0 radical (unpaired) electrons. The van der Waals surface area contributed by atoms with Crippen molar-refractivity contribution in [2.24, 2.45) is 0 Å². The van der Waals surface area contributed by atoms with Gasteiger partial charge in [-0.3, -0.25) is 0 Å². The third kappa shape index (κ3) is 7.46. The largest absolute Gasteiger partial charge is 0.497 e. The number of carbonyl (C=O) groups is 2. The lowest BCUT2D eigenvalue weighted by Gasteiger charge is -2.04. The molecule has 1 heterocycles. The van der Waals surface area contributed by atoms with E-state index in [2.05, 4.69) is 17.4 Å². The van der Waals surface area contributed by atoms with Crippen LogP contribution in [0.3, 0.4) is 0 Å². The third-order valence-electron chi connectivity index (χ3n) is 3.03. The van der Waals surface area contributed by atoms with E-state index in [-0.39, 0.29) is 0 Å². The van der Waals surface area contributed by atoms with E-state index in [1.54, 1.807) is 7.11 Å². The van der Waals surface area contributed by atoms with Gasteiger partial charge in [0.25, 0.3) is 0 Å². The summed E-state index contributed by atoms with van der Waals surface area (Å²) in [4.78, 5) is 18.2. The molecule has 7 nitrogen and oxygen atoms in total. The Morgan fingerprint density at radius 1 is 1.08 bits per heavy atom. The summed E-state index contributed by atoms with van der Waals surface area (Å²) in [6.45, 7) is 3.68. The van der Waals surface area contributed by atoms with Crippen LogP contribution >= 0.6 is 0 Å². The van der Waals surface area contributed by atoms with Crippen molar-refractivity contribution in [3.8, 4) is 5.75 Å². The molecule has 7 heteroatoms. The minimum atomic E-state index is -1.82. The molecule has 0 saturated carbocycles. The van der Waals surface area contributed by atoms with Gasteiger partial charge in [-0.1, -0.05) is 12.1 Å². The van der Waals surface area contributed by atoms with Crippen LogP contribution in [-0.2, 0) is 22.6 Å². The molecule has 3 N–H and O–H groups in total. The Labute approximate surface area is 139 Å². The number of carboxylic acid groups (broad SMARTS) is 2. The first-order valence-electron chi connectivity index (χ1n) is 7.27. The summed E-state index contributed by atoms with van der Waals surface area (Å²) in [5, 5.41) is 18.1. The minimum absolute atomic E-state index is 0.782. The molecule has 2 aromatic rings. The molecule has 0 atom stereocenters. The number of hydrogen-bond acceptors (Lipinski definition) is 5. The lowest BCUT2D eigenvalue weighted by atomic mass is 10.1. The average molecular weight is 335 g/mol. The first-order valence-corrected chi connectivity index (χ1v) is 7.27. The fourth-order valence-corrected chi connectivity index (χ4v) is 1.82. The van der Waals surface area contributed by atoms with E-state index in [4.69, 9.17) is 29.0 Å². The number of ether oxygens (including phenoxy) is 1. The van der Waals surface area contributed by atoms with E-state index in [1.165, 1.54) is 5.56 Å². The zero-order chi connectivity index (χ0) is 17.9. The van der Waals surface area contributed by atoms with Gasteiger partial charge in [0, 0.05) is 0 Å². The smallest absolute Gasteiger partial charge is 0.414 e. The molecular formula is C17H21NO6. The van der Waals surface area contributed by atoms with Gasteiger partial charge < -0.3 is 24.7 Å². The highest BCUT2D eigenvalue weighted by Gasteiger charge is 2.04. The number of nitrogens with one attached hydrogen (secondary N) is 1. The van der Waals surface area contributed by atoms with E-state index in [9.17, 15) is 0 Å². The van der Waals surface area contributed by atoms with Crippen LogP contribution < -0.4 is 10.1 Å². The van der Waals surface area contributed by atoms with E-state index < -0.39 is 11.9 Å². The van der Waals surface area contributed by atoms with E-state index in [0.717, 1.165) is 36.8 Å². The number of furan rings is 1. The molecule has 24 heavy (non-hydrogen) atoms. The van der Waals surface area contributed by atoms with Gasteiger partial charge in [-0.15, -0.1) is 0 Å². The third-order valence-corrected chi connectivity index (χ3v) is 3.03. The van der Waals surface area contributed by atoms with Crippen LogP contribution in [0.4, 0.5) is 0 Å². The van der Waals surface area contributed by atoms with Crippen molar-refractivity contribution in [1.82, 2.24) is 5.32 Å². The summed E-state index contributed by atoms with van der Waals surface area (Å²) in [5.74, 6) is -0.799. The van der Waals surface area contributed by atoms with Crippen LogP contribution in [-0.4, -0.2) is 35.8 Å². The Bertz CT molecular complexity index is 635. The van der Waals surface area contributed by atoms with Crippen molar-refractivity contribution in [3.05, 3.63) is 53.5 Å². The highest BCUT2D eigenvalue weighted by molar-refractivity contribution is 6.27. The van der Waals surface area contributed by atoms with Gasteiger partial charge in [-0.25, -0.2) is 9.59 Å². The van der Waals surface area contributed by atoms with Crippen molar-refractivity contribution in [1.29, 1.82) is 0 Å². The number of aryl methyl sites for hydroxylation is 1. The quantitative estimate of drug-likeness (QED) is 0.548. The standard InChI is InChI=1S/C15H19NO2.C2H2O4/c1-12-3-6-15(18-12)11-16-10-9-13-4-7-14(17-2)8-5-13;3-1(4)2(5)6/h3-8,16H,9-11H2,1-2H3;(H,3,4)(H,5,6). The SMILES string of the molecule is COc1ccc(CCNCc2ccc(C)o2)cc1.O=C(O)C(=O)O. The summed E-state index contributed by atoms with van der Waals surface area (Å²) < 4.78 is 10.6. The topological polar surface area (TPSA) is 109 Å². The molecule has 0 unspecified atom stereocenters. The minimum Gasteiger partial charge on any atom is -0.497 e. The van der Waals surface area contributed by atoms with E-state index in [1.807, 2.05) is 31.2 Å². The van der Waals surface area contributed by atoms with Crippen molar-refractivity contribution in [2.75, 3.05) is 13.7 Å². The first-order chi connectivity index (χ1) is 11.4. The second-order valence-corrected chi connectivity index (χ2v) is 4.90. The van der Waals surface area contributed by atoms with Gasteiger partial charge in [0.15, 0.2) is 0 Å². The van der Waals surface area contributed by atoms with Gasteiger partial charge >= 0.3 is 11.9 Å². The Morgan fingerprint density at radius 2 is 1.71 bits per heavy atom. The highest BCUT2D eigenvalue weighted by atomic mass is 16.5. The van der Waals surface area contributed by atoms with Crippen LogP contribution in [0.5, 0.6) is 5.75 Å². The van der Waals surface area contributed by atoms with Crippen LogP contribution in [0, 0.1) is 6.92 Å². The molecule has 0 fully saturated rings. The number of methoxy groups -OCH3 is 1. The number of rotatable bonds is 6. The molecule has 1 aromatic carbocycles. The Morgan fingerprint density at radius 3 is 2.17 bits per heavy atom. The normalized spacial score (nSPS) is 9.75. The predicted molar refractivity (Wildman–Crippen MR) is 87.1 cm³/mol. The lowest BCUT2D eigenvalue weighted by molar-refractivity contribution is -0.159. The fourth-order valence-electron chi connectivity index (χ4n) is 1.82. The van der Waals surface area contributed by atoms with Gasteiger partial charge in [0.2, 0.25) is 0 Å². The van der Waals surface area contributed by atoms with Crippen molar-refractivity contribution in [2.45, 2.75) is 19.9 Å². The van der Waals surface area contributed by atoms with Gasteiger partial charge in [0.1, 0.15) is 17.3 Å². The molecule has 0 saturated heterocycles. The maximum absolute atomic E-state index is 9.10. The monoisotopic (exact) mass is 335 g/mol. The number of aliphatic carboxylic acids is 2. The molecule has 0 spiro atoms. The summed E-state index contributed by atoms with van der Waals surface area (Å²) >= 11 is 0. The Hall–Kier alpha value is -2.80.